The molecule has 1 saturated heterocycles. The average molecular weight is 485 g/mol. The molecule has 0 aliphatic carbocycles. The Morgan fingerprint density at radius 2 is 1.97 bits per heavy atom. The number of carbonyl (C=O) groups is 3. The molecule has 0 spiro atoms. The number of hydrogen-bond acceptors (Lipinski definition) is 10. The summed E-state index contributed by atoms with van der Waals surface area (Å²) in [5.41, 5.74) is 5.99. The molecule has 3 atom stereocenters. The summed E-state index contributed by atoms with van der Waals surface area (Å²) in [5.74, 6) is -2.33. The van der Waals surface area contributed by atoms with Gasteiger partial charge in [-0.25, -0.2) is 19.1 Å². The number of ether oxygens (including phenoxy) is 3. The van der Waals surface area contributed by atoms with E-state index in [1.54, 1.807) is 18.2 Å². The van der Waals surface area contributed by atoms with Crippen molar-refractivity contribution in [1.82, 2.24) is 19.1 Å². The number of anilines is 1. The second kappa shape index (κ2) is 9.54. The minimum Gasteiger partial charge on any atom is -0.478 e. The van der Waals surface area contributed by atoms with Crippen molar-refractivity contribution in [2.45, 2.75) is 45.2 Å². The number of aromatic carboxylic acids is 1. The monoisotopic (exact) mass is 485 g/mol. The minimum absolute atomic E-state index is 0.0352. The van der Waals surface area contributed by atoms with Gasteiger partial charge >= 0.3 is 23.6 Å². The van der Waals surface area contributed by atoms with Crippen molar-refractivity contribution in [3.05, 3.63) is 52.1 Å². The molecule has 13 nitrogen and oxygen atoms in total. The van der Waals surface area contributed by atoms with E-state index >= 15 is 0 Å². The van der Waals surface area contributed by atoms with Gasteiger partial charge in [-0.1, -0.05) is 18.2 Å². The lowest BCUT2D eigenvalue weighted by Crippen LogP contribution is -2.34. The number of esters is 2. The topological polar surface area (TPSA) is 178 Å². The van der Waals surface area contributed by atoms with Crippen LogP contribution in [0.2, 0.25) is 0 Å². The van der Waals surface area contributed by atoms with E-state index in [1.807, 2.05) is 0 Å². The molecule has 13 heteroatoms. The van der Waals surface area contributed by atoms with Crippen molar-refractivity contribution in [2.24, 2.45) is 0 Å². The first-order valence-corrected chi connectivity index (χ1v) is 10.7. The van der Waals surface area contributed by atoms with Crippen LogP contribution in [0.3, 0.4) is 0 Å². The van der Waals surface area contributed by atoms with Gasteiger partial charge in [0, 0.05) is 20.3 Å². The minimum atomic E-state index is -1.14. The van der Waals surface area contributed by atoms with Gasteiger partial charge in [-0.2, -0.15) is 4.98 Å². The first-order valence-electron chi connectivity index (χ1n) is 10.7. The molecule has 3 heterocycles. The van der Waals surface area contributed by atoms with Gasteiger partial charge in [0.15, 0.2) is 11.9 Å². The van der Waals surface area contributed by atoms with Crippen molar-refractivity contribution in [3.63, 3.8) is 0 Å². The number of nitrogens with two attached hydrogens (primary N) is 1. The molecular formula is C22H23N5O8. The zero-order valence-corrected chi connectivity index (χ0v) is 18.9. The first-order chi connectivity index (χ1) is 16.7. The van der Waals surface area contributed by atoms with E-state index in [0.717, 1.165) is 0 Å². The Balaban J connectivity index is 1.82. The van der Waals surface area contributed by atoms with Crippen LogP contribution in [0.5, 0.6) is 0 Å². The van der Waals surface area contributed by atoms with Crippen LogP contribution >= 0.6 is 0 Å². The van der Waals surface area contributed by atoms with Gasteiger partial charge in [0.2, 0.25) is 5.95 Å². The molecule has 4 rings (SSSR count). The zero-order chi connectivity index (χ0) is 25.3. The molecule has 1 aromatic carbocycles. The number of carboxylic acid groups (broad SMARTS) is 1. The van der Waals surface area contributed by atoms with Gasteiger partial charge in [0.25, 0.3) is 0 Å². The van der Waals surface area contributed by atoms with E-state index in [0.29, 0.717) is 5.56 Å². The van der Waals surface area contributed by atoms with Gasteiger partial charge in [0.1, 0.15) is 18.2 Å². The predicted molar refractivity (Wildman–Crippen MR) is 119 cm³/mol. The van der Waals surface area contributed by atoms with Crippen LogP contribution < -0.4 is 11.4 Å². The van der Waals surface area contributed by atoms with Gasteiger partial charge in [0.05, 0.1) is 24.4 Å². The highest BCUT2D eigenvalue weighted by Crippen LogP contribution is 2.33. The SMILES string of the molecule is CC(=O)OC[C@@H]1C[C@@H](OC(C)=O)[C@H](n2c(=O)n(Cc3ccccc3C(=O)O)c3cnc(N)nc32)O1. The Kier molecular flexibility index (Phi) is 6.51. The molecule has 0 saturated carbocycles. The number of carboxylic acids is 1. The Labute approximate surface area is 198 Å². The fourth-order valence-corrected chi connectivity index (χ4v) is 4.07. The number of aromatic nitrogens is 4. The van der Waals surface area contributed by atoms with Gasteiger partial charge in [-0.15, -0.1) is 0 Å². The van der Waals surface area contributed by atoms with Gasteiger partial charge in [-0.05, 0) is 11.6 Å². The molecule has 0 amide bonds. The summed E-state index contributed by atoms with van der Waals surface area (Å²) in [7, 11) is 0. The van der Waals surface area contributed by atoms with Crippen molar-refractivity contribution < 1.29 is 33.7 Å². The maximum atomic E-state index is 13.6. The number of benzene rings is 1. The summed E-state index contributed by atoms with van der Waals surface area (Å²) in [6.45, 7) is 2.29. The summed E-state index contributed by atoms with van der Waals surface area (Å²) >= 11 is 0. The maximum absolute atomic E-state index is 13.6. The van der Waals surface area contributed by atoms with Crippen LogP contribution in [-0.4, -0.2) is 60.9 Å². The average Bonchev–Trinajstić information content (AvgIpc) is 3.29. The lowest BCUT2D eigenvalue weighted by atomic mass is 10.1. The van der Waals surface area contributed by atoms with E-state index in [-0.39, 0.29) is 42.2 Å². The molecule has 2 aromatic heterocycles. The van der Waals surface area contributed by atoms with Crippen LogP contribution in [0.1, 0.15) is 42.4 Å². The van der Waals surface area contributed by atoms with Crippen LogP contribution in [0.25, 0.3) is 11.2 Å². The summed E-state index contributed by atoms with van der Waals surface area (Å²) < 4.78 is 18.9. The fraction of sp³-hybridized carbons (Fsp3) is 0.364. The Bertz CT molecular complexity index is 1360. The van der Waals surface area contributed by atoms with E-state index in [2.05, 4.69) is 9.97 Å². The molecule has 0 bridgehead atoms. The summed E-state index contributed by atoms with van der Waals surface area (Å²) in [5, 5.41) is 9.54. The molecule has 35 heavy (non-hydrogen) atoms. The number of fused-ring (bicyclic) bond motifs is 1. The second-order valence-electron chi connectivity index (χ2n) is 7.97. The van der Waals surface area contributed by atoms with Crippen molar-refractivity contribution in [2.75, 3.05) is 12.3 Å². The fourth-order valence-electron chi connectivity index (χ4n) is 4.07. The van der Waals surface area contributed by atoms with Crippen molar-refractivity contribution in [3.8, 4) is 0 Å². The second-order valence-corrected chi connectivity index (χ2v) is 7.97. The van der Waals surface area contributed by atoms with Gasteiger partial charge in [-0.3, -0.25) is 14.2 Å². The smallest absolute Gasteiger partial charge is 0.336 e. The van der Waals surface area contributed by atoms with E-state index in [4.69, 9.17) is 19.9 Å². The quantitative estimate of drug-likeness (QED) is 0.450. The molecule has 3 aromatic rings. The molecule has 0 unspecified atom stereocenters. The van der Waals surface area contributed by atoms with Gasteiger partial charge < -0.3 is 25.1 Å². The predicted octanol–water partition coefficient (Wildman–Crippen LogP) is 0.704. The number of hydrogen-bond donors (Lipinski definition) is 2. The third-order valence-corrected chi connectivity index (χ3v) is 5.49. The van der Waals surface area contributed by atoms with E-state index in [1.165, 1.54) is 35.2 Å². The van der Waals surface area contributed by atoms with Crippen LogP contribution in [-0.2, 0) is 30.3 Å². The largest absolute Gasteiger partial charge is 0.478 e. The highest BCUT2D eigenvalue weighted by molar-refractivity contribution is 5.89. The Morgan fingerprint density at radius 1 is 1.23 bits per heavy atom. The third-order valence-electron chi connectivity index (χ3n) is 5.49. The lowest BCUT2D eigenvalue weighted by molar-refractivity contribution is -0.153. The molecule has 184 valence electrons. The normalized spacial score (nSPS) is 19.5. The van der Waals surface area contributed by atoms with E-state index < -0.39 is 42.0 Å². The highest BCUT2D eigenvalue weighted by atomic mass is 16.6. The molecular weight excluding hydrogens is 462 g/mol. The summed E-state index contributed by atoms with van der Waals surface area (Å²) in [6, 6.07) is 6.28. The molecule has 1 aliphatic rings. The summed E-state index contributed by atoms with van der Waals surface area (Å²) in [6.07, 6.45) is -1.11. The first kappa shape index (κ1) is 23.9. The molecule has 1 fully saturated rings. The standard InChI is InChI=1S/C22H23N5O8/c1-11(28)33-10-14-7-17(34-12(2)29)19(35-14)27-18-16(8-24-21(23)25-18)26(22(27)32)9-13-5-3-4-6-15(13)20(30)31/h3-6,8,14,17,19H,7,9-10H2,1-2H3,(H,30,31)(H2,23,24,25)/t14-,17+,19+/m0/s1. The Hall–Kier alpha value is -4.26. The lowest BCUT2D eigenvalue weighted by Gasteiger charge is -2.19. The number of nitrogens with zero attached hydrogens (tertiary/aromatic N) is 4. The van der Waals surface area contributed by atoms with Crippen LogP contribution in [0, 0.1) is 0 Å². The van der Waals surface area contributed by atoms with Crippen molar-refractivity contribution in [1.29, 1.82) is 0 Å². The Morgan fingerprint density at radius 3 is 2.66 bits per heavy atom. The van der Waals surface area contributed by atoms with E-state index in [9.17, 15) is 24.3 Å². The van der Waals surface area contributed by atoms with Crippen LogP contribution in [0.15, 0.2) is 35.3 Å². The number of rotatable bonds is 7. The molecule has 0 radical (unpaired) electrons. The number of imidazole rings is 1. The molecule has 3 N–H and O–H groups in total. The number of carbonyl (C=O) groups excluding carboxylic acids is 2. The third kappa shape index (κ3) is 4.84. The molecule has 1 aliphatic heterocycles. The highest BCUT2D eigenvalue weighted by Gasteiger charge is 2.41. The van der Waals surface area contributed by atoms with Crippen LogP contribution in [0.4, 0.5) is 5.95 Å². The summed E-state index contributed by atoms with van der Waals surface area (Å²) in [4.78, 5) is 56.5. The van der Waals surface area contributed by atoms with Crippen molar-refractivity contribution >= 4 is 35.0 Å². The zero-order valence-electron chi connectivity index (χ0n) is 18.9. The number of nitrogen functional groups attached to an aromatic ring is 1. The maximum Gasteiger partial charge on any atom is 0.336 e.